The molecule has 0 amide bonds. The van der Waals surface area contributed by atoms with Crippen molar-refractivity contribution in [3.63, 3.8) is 0 Å². The van der Waals surface area contributed by atoms with Crippen LogP contribution in [0.5, 0.6) is 5.75 Å². The van der Waals surface area contributed by atoms with Crippen molar-refractivity contribution in [2.75, 3.05) is 6.54 Å². The van der Waals surface area contributed by atoms with Gasteiger partial charge in [0.25, 0.3) is 0 Å². The molecule has 0 fully saturated rings. The summed E-state index contributed by atoms with van der Waals surface area (Å²) in [7, 11) is -4.11. The molecule has 2 aromatic rings. The number of sulfonamides is 1. The summed E-state index contributed by atoms with van der Waals surface area (Å²) in [6.45, 7) is -0.414. The minimum atomic E-state index is -4.89. The van der Waals surface area contributed by atoms with Crippen molar-refractivity contribution >= 4 is 16.0 Å². The molecule has 2 N–H and O–H groups in total. The zero-order chi connectivity index (χ0) is 19.4. The number of alkyl halides is 3. The van der Waals surface area contributed by atoms with Crippen LogP contribution < -0.4 is 9.46 Å². The van der Waals surface area contributed by atoms with E-state index in [2.05, 4.69) is 9.46 Å². The third-order valence-electron chi connectivity index (χ3n) is 3.35. The average Bonchev–Trinajstić information content (AvgIpc) is 2.54. The van der Waals surface area contributed by atoms with Crippen LogP contribution in [0.1, 0.15) is 11.5 Å². The molecule has 0 aliphatic carbocycles. The molecule has 0 radical (unpaired) electrons. The molecule has 1 atom stereocenters. The van der Waals surface area contributed by atoms with Gasteiger partial charge >= 0.3 is 12.3 Å². The summed E-state index contributed by atoms with van der Waals surface area (Å²) in [6, 6.07) is 11.6. The van der Waals surface area contributed by atoms with E-state index in [-0.39, 0.29) is 4.90 Å². The second-order valence-electron chi connectivity index (χ2n) is 5.17. The largest absolute Gasteiger partial charge is 0.573 e. The van der Waals surface area contributed by atoms with Crippen LogP contribution in [0.25, 0.3) is 0 Å². The van der Waals surface area contributed by atoms with Crippen LogP contribution >= 0.6 is 0 Å². The molecule has 0 saturated carbocycles. The predicted octanol–water partition coefficient (Wildman–Crippen LogP) is 2.73. The topological polar surface area (TPSA) is 92.7 Å². The van der Waals surface area contributed by atoms with Crippen molar-refractivity contribution in [2.45, 2.75) is 17.2 Å². The van der Waals surface area contributed by atoms with E-state index in [4.69, 9.17) is 0 Å². The Morgan fingerprint density at radius 2 is 1.65 bits per heavy atom. The van der Waals surface area contributed by atoms with Gasteiger partial charge in [0.15, 0.2) is 0 Å². The van der Waals surface area contributed by atoms with Gasteiger partial charge in [0.2, 0.25) is 10.0 Å². The number of hydrogen-bond acceptors (Lipinski definition) is 4. The summed E-state index contributed by atoms with van der Waals surface area (Å²) in [4.78, 5) is 11.1. The number of hydrogen-bond donors (Lipinski definition) is 2. The first-order valence-corrected chi connectivity index (χ1v) is 8.70. The van der Waals surface area contributed by atoms with E-state index in [1.165, 1.54) is 0 Å². The molecule has 0 spiro atoms. The maximum absolute atomic E-state index is 12.2. The molecule has 0 aromatic heterocycles. The number of nitrogens with one attached hydrogen (secondary N) is 1. The SMILES string of the molecule is O=C(O)C(CNS(=O)(=O)c1ccc(OC(F)(F)F)cc1)c1ccccc1. The van der Waals surface area contributed by atoms with E-state index in [0.717, 1.165) is 24.3 Å². The Labute approximate surface area is 147 Å². The molecule has 0 aliphatic heterocycles. The predicted molar refractivity (Wildman–Crippen MR) is 85.1 cm³/mol. The third kappa shape index (κ3) is 5.46. The van der Waals surface area contributed by atoms with Crippen LogP contribution in [-0.4, -0.2) is 32.4 Å². The van der Waals surface area contributed by atoms with Gasteiger partial charge in [-0.2, -0.15) is 0 Å². The van der Waals surface area contributed by atoms with Gasteiger partial charge in [-0.3, -0.25) is 4.79 Å². The molecule has 0 aliphatic rings. The Bertz CT molecular complexity index is 852. The lowest BCUT2D eigenvalue weighted by molar-refractivity contribution is -0.274. The van der Waals surface area contributed by atoms with Gasteiger partial charge in [-0.25, -0.2) is 13.1 Å². The lowest BCUT2D eigenvalue weighted by Gasteiger charge is -2.14. The van der Waals surface area contributed by atoms with Crippen LogP contribution in [0.15, 0.2) is 59.5 Å². The van der Waals surface area contributed by atoms with Crippen molar-refractivity contribution in [3.05, 3.63) is 60.2 Å². The first-order valence-electron chi connectivity index (χ1n) is 7.22. The van der Waals surface area contributed by atoms with Gasteiger partial charge in [0.1, 0.15) is 5.75 Å². The fraction of sp³-hybridized carbons (Fsp3) is 0.188. The first-order chi connectivity index (χ1) is 12.1. The number of benzene rings is 2. The molecule has 140 valence electrons. The molecule has 0 heterocycles. The molecule has 26 heavy (non-hydrogen) atoms. The fourth-order valence-electron chi connectivity index (χ4n) is 2.13. The van der Waals surface area contributed by atoms with E-state index in [9.17, 15) is 31.5 Å². The highest BCUT2D eigenvalue weighted by atomic mass is 32.2. The summed E-state index contributed by atoms with van der Waals surface area (Å²) in [5.74, 6) is -2.89. The quantitative estimate of drug-likeness (QED) is 0.760. The highest BCUT2D eigenvalue weighted by Crippen LogP contribution is 2.24. The highest BCUT2D eigenvalue weighted by molar-refractivity contribution is 7.89. The first kappa shape index (κ1) is 19.7. The summed E-state index contributed by atoms with van der Waals surface area (Å²) in [6.07, 6.45) is -4.89. The summed E-state index contributed by atoms with van der Waals surface area (Å²) >= 11 is 0. The number of aliphatic carboxylic acids is 1. The fourth-order valence-corrected chi connectivity index (χ4v) is 3.18. The molecule has 1 unspecified atom stereocenters. The number of halogens is 3. The number of carboxylic acids is 1. The zero-order valence-electron chi connectivity index (χ0n) is 13.1. The molecule has 0 bridgehead atoms. The number of rotatable bonds is 7. The van der Waals surface area contributed by atoms with Gasteiger partial charge in [0, 0.05) is 6.54 Å². The van der Waals surface area contributed by atoms with E-state index in [1.807, 2.05) is 0 Å². The number of carbonyl (C=O) groups is 1. The third-order valence-corrected chi connectivity index (χ3v) is 4.78. The smallest absolute Gasteiger partial charge is 0.481 e. The maximum atomic E-state index is 12.2. The van der Waals surface area contributed by atoms with Crippen molar-refractivity contribution < 1.29 is 36.2 Å². The average molecular weight is 389 g/mol. The lowest BCUT2D eigenvalue weighted by atomic mass is 10.00. The van der Waals surface area contributed by atoms with E-state index in [0.29, 0.717) is 5.56 Å². The summed E-state index contributed by atoms with van der Waals surface area (Å²) in [5.41, 5.74) is 0.414. The van der Waals surface area contributed by atoms with Crippen molar-refractivity contribution in [1.29, 1.82) is 0 Å². The van der Waals surface area contributed by atoms with Gasteiger partial charge < -0.3 is 9.84 Å². The minimum absolute atomic E-state index is 0.316. The Morgan fingerprint density at radius 1 is 1.08 bits per heavy atom. The lowest BCUT2D eigenvalue weighted by Crippen LogP contribution is -2.31. The Kier molecular flexibility index (Phi) is 5.88. The Morgan fingerprint density at radius 3 is 2.15 bits per heavy atom. The van der Waals surface area contributed by atoms with Gasteiger partial charge in [-0.15, -0.1) is 13.2 Å². The molecule has 10 heteroatoms. The van der Waals surface area contributed by atoms with Crippen LogP contribution in [-0.2, 0) is 14.8 Å². The highest BCUT2D eigenvalue weighted by Gasteiger charge is 2.31. The van der Waals surface area contributed by atoms with Gasteiger partial charge in [-0.05, 0) is 29.8 Å². The van der Waals surface area contributed by atoms with Crippen molar-refractivity contribution in [2.24, 2.45) is 0 Å². The molecule has 0 saturated heterocycles. The monoisotopic (exact) mass is 389 g/mol. The summed E-state index contributed by atoms with van der Waals surface area (Å²) in [5, 5.41) is 9.28. The second kappa shape index (κ2) is 7.75. The van der Waals surface area contributed by atoms with E-state index in [1.54, 1.807) is 30.3 Å². The molecular weight excluding hydrogens is 375 g/mol. The van der Waals surface area contributed by atoms with Crippen molar-refractivity contribution in [3.8, 4) is 5.75 Å². The van der Waals surface area contributed by atoms with Gasteiger partial charge in [-0.1, -0.05) is 30.3 Å². The van der Waals surface area contributed by atoms with Crippen LogP contribution in [0.2, 0.25) is 0 Å². The van der Waals surface area contributed by atoms with Crippen molar-refractivity contribution in [1.82, 2.24) is 4.72 Å². The zero-order valence-corrected chi connectivity index (χ0v) is 13.9. The minimum Gasteiger partial charge on any atom is -0.481 e. The molecule has 2 rings (SSSR count). The molecule has 6 nitrogen and oxygen atoms in total. The summed E-state index contributed by atoms with van der Waals surface area (Å²) < 4.78 is 66.6. The van der Waals surface area contributed by atoms with Crippen LogP contribution in [0.4, 0.5) is 13.2 Å². The Balaban J connectivity index is 2.11. The Hall–Kier alpha value is -2.59. The molecule has 2 aromatic carbocycles. The number of ether oxygens (including phenoxy) is 1. The molecular formula is C16H14F3NO5S. The standard InChI is InChI=1S/C16H14F3NO5S/c17-16(18,19)25-12-6-8-13(9-7-12)26(23,24)20-10-14(15(21)22)11-4-2-1-3-5-11/h1-9,14,20H,10H2,(H,21,22). The van der Waals surface area contributed by atoms with Gasteiger partial charge in [0.05, 0.1) is 10.8 Å². The second-order valence-corrected chi connectivity index (χ2v) is 6.94. The maximum Gasteiger partial charge on any atom is 0.573 e. The van der Waals surface area contributed by atoms with E-state index >= 15 is 0 Å². The van der Waals surface area contributed by atoms with Crippen LogP contribution in [0.3, 0.4) is 0 Å². The number of carboxylic acid groups (broad SMARTS) is 1. The normalized spacial score (nSPS) is 13.2. The van der Waals surface area contributed by atoms with Crippen LogP contribution in [0, 0.1) is 0 Å². The van der Waals surface area contributed by atoms with E-state index < -0.39 is 40.6 Å².